The van der Waals surface area contributed by atoms with Crippen LogP contribution in [0, 0.1) is 5.92 Å². The Hall–Kier alpha value is -1.42. The zero-order valence-electron chi connectivity index (χ0n) is 14.0. The molecule has 0 saturated heterocycles. The molecule has 0 atom stereocenters. The Labute approximate surface area is 134 Å². The standard InChI is InChI=1S/C18H29N3O/c1-21(2)12-6-11-19-18(22)17-10-9-16(14-20-17)13-15-7-4-3-5-8-15/h9-10,14-15H,3-8,11-13H2,1-2H3,(H,19,22). The SMILES string of the molecule is CN(C)CCCNC(=O)c1ccc(CC2CCCCC2)cn1. The van der Waals surface area contributed by atoms with E-state index in [1.807, 2.05) is 26.4 Å². The molecule has 0 aliphatic heterocycles. The molecule has 1 aliphatic rings. The predicted octanol–water partition coefficient (Wildman–Crippen LogP) is 2.89. The smallest absolute Gasteiger partial charge is 0.269 e. The number of nitrogens with one attached hydrogen (secondary N) is 1. The van der Waals surface area contributed by atoms with Crippen LogP contribution in [0.5, 0.6) is 0 Å². The maximum atomic E-state index is 12.0. The van der Waals surface area contributed by atoms with E-state index in [9.17, 15) is 4.79 Å². The maximum Gasteiger partial charge on any atom is 0.269 e. The van der Waals surface area contributed by atoms with Crippen molar-refractivity contribution in [3.05, 3.63) is 29.6 Å². The molecule has 1 amide bonds. The minimum Gasteiger partial charge on any atom is -0.351 e. The Morgan fingerprint density at radius 2 is 2.05 bits per heavy atom. The second-order valence-electron chi connectivity index (χ2n) is 6.67. The summed E-state index contributed by atoms with van der Waals surface area (Å²) in [5.41, 5.74) is 1.79. The van der Waals surface area contributed by atoms with Crippen molar-refractivity contribution in [2.24, 2.45) is 5.92 Å². The van der Waals surface area contributed by atoms with Gasteiger partial charge in [-0.3, -0.25) is 9.78 Å². The quantitative estimate of drug-likeness (QED) is 0.788. The number of nitrogens with zero attached hydrogens (tertiary/aromatic N) is 2. The molecular formula is C18H29N3O. The van der Waals surface area contributed by atoms with E-state index in [0.29, 0.717) is 12.2 Å². The second kappa shape index (κ2) is 8.89. The molecule has 1 saturated carbocycles. The van der Waals surface area contributed by atoms with Crippen LogP contribution >= 0.6 is 0 Å². The van der Waals surface area contributed by atoms with E-state index in [2.05, 4.69) is 21.3 Å². The first-order valence-electron chi connectivity index (χ1n) is 8.53. The van der Waals surface area contributed by atoms with Crippen LogP contribution in [0.4, 0.5) is 0 Å². The lowest BCUT2D eigenvalue weighted by Crippen LogP contribution is -2.27. The first-order valence-corrected chi connectivity index (χ1v) is 8.53. The van der Waals surface area contributed by atoms with Crippen molar-refractivity contribution in [1.29, 1.82) is 0 Å². The Morgan fingerprint density at radius 1 is 1.27 bits per heavy atom. The number of hydrogen-bond acceptors (Lipinski definition) is 3. The summed E-state index contributed by atoms with van der Waals surface area (Å²) in [6.45, 7) is 1.68. The molecule has 1 aliphatic carbocycles. The first-order chi connectivity index (χ1) is 10.6. The summed E-state index contributed by atoms with van der Waals surface area (Å²) >= 11 is 0. The number of rotatable bonds is 7. The van der Waals surface area contributed by atoms with Gasteiger partial charge in [0, 0.05) is 12.7 Å². The van der Waals surface area contributed by atoms with Crippen LogP contribution < -0.4 is 5.32 Å². The molecule has 1 fully saturated rings. The number of aromatic nitrogens is 1. The van der Waals surface area contributed by atoms with Crippen molar-refractivity contribution in [2.45, 2.75) is 44.9 Å². The summed E-state index contributed by atoms with van der Waals surface area (Å²) in [6.07, 6.45) is 10.8. The molecule has 1 N–H and O–H groups in total. The minimum atomic E-state index is -0.0667. The van der Waals surface area contributed by atoms with Crippen molar-refractivity contribution in [1.82, 2.24) is 15.2 Å². The maximum absolute atomic E-state index is 12.0. The van der Waals surface area contributed by atoms with Crippen LogP contribution in [-0.4, -0.2) is 43.0 Å². The van der Waals surface area contributed by atoms with Gasteiger partial charge in [0.2, 0.25) is 0 Å². The average Bonchev–Trinajstić information content (AvgIpc) is 2.53. The summed E-state index contributed by atoms with van der Waals surface area (Å²) in [6, 6.07) is 3.93. The average molecular weight is 303 g/mol. The zero-order valence-corrected chi connectivity index (χ0v) is 14.0. The molecule has 0 bridgehead atoms. The van der Waals surface area contributed by atoms with E-state index >= 15 is 0 Å². The predicted molar refractivity (Wildman–Crippen MR) is 90.0 cm³/mol. The molecule has 1 aromatic rings. The molecule has 0 aromatic carbocycles. The Kier molecular flexibility index (Phi) is 6.84. The molecule has 0 unspecified atom stereocenters. The zero-order chi connectivity index (χ0) is 15.8. The van der Waals surface area contributed by atoms with Gasteiger partial charge in [0.1, 0.15) is 5.69 Å². The molecule has 0 spiro atoms. The second-order valence-corrected chi connectivity index (χ2v) is 6.67. The number of amides is 1. The van der Waals surface area contributed by atoms with E-state index < -0.39 is 0 Å². The van der Waals surface area contributed by atoms with Crippen LogP contribution in [-0.2, 0) is 6.42 Å². The van der Waals surface area contributed by atoms with E-state index in [-0.39, 0.29) is 5.91 Å². The van der Waals surface area contributed by atoms with Crippen molar-refractivity contribution < 1.29 is 4.79 Å². The highest BCUT2D eigenvalue weighted by molar-refractivity contribution is 5.92. The molecule has 2 rings (SSSR count). The number of carbonyl (C=O) groups excluding carboxylic acids is 1. The van der Waals surface area contributed by atoms with E-state index in [1.165, 1.54) is 37.7 Å². The summed E-state index contributed by atoms with van der Waals surface area (Å²) < 4.78 is 0. The fourth-order valence-corrected chi connectivity index (χ4v) is 3.09. The summed E-state index contributed by atoms with van der Waals surface area (Å²) in [7, 11) is 4.07. The highest BCUT2D eigenvalue weighted by Gasteiger charge is 2.14. The van der Waals surface area contributed by atoms with Crippen molar-refractivity contribution in [2.75, 3.05) is 27.2 Å². The monoisotopic (exact) mass is 303 g/mol. The van der Waals surface area contributed by atoms with Gasteiger partial charge in [-0.05, 0) is 51.0 Å². The number of pyridine rings is 1. The fraction of sp³-hybridized carbons (Fsp3) is 0.667. The Balaban J connectivity index is 1.76. The molecule has 122 valence electrons. The fourth-order valence-electron chi connectivity index (χ4n) is 3.09. The van der Waals surface area contributed by atoms with Gasteiger partial charge in [-0.2, -0.15) is 0 Å². The van der Waals surface area contributed by atoms with Gasteiger partial charge in [0.25, 0.3) is 5.91 Å². The van der Waals surface area contributed by atoms with E-state index in [4.69, 9.17) is 0 Å². The number of carbonyl (C=O) groups is 1. The third kappa shape index (κ3) is 5.76. The summed E-state index contributed by atoms with van der Waals surface area (Å²) in [4.78, 5) is 18.5. The molecule has 4 heteroatoms. The van der Waals surface area contributed by atoms with Gasteiger partial charge in [-0.1, -0.05) is 38.2 Å². The number of hydrogen-bond donors (Lipinski definition) is 1. The lowest BCUT2D eigenvalue weighted by atomic mass is 9.85. The van der Waals surface area contributed by atoms with Crippen molar-refractivity contribution in [3.8, 4) is 0 Å². The van der Waals surface area contributed by atoms with E-state index in [1.54, 1.807) is 0 Å². The van der Waals surface area contributed by atoms with Crippen LogP contribution in [0.25, 0.3) is 0 Å². The third-order valence-electron chi connectivity index (χ3n) is 4.37. The molecule has 22 heavy (non-hydrogen) atoms. The summed E-state index contributed by atoms with van der Waals surface area (Å²) in [5.74, 6) is 0.740. The first kappa shape index (κ1) is 16.9. The summed E-state index contributed by atoms with van der Waals surface area (Å²) in [5, 5.41) is 2.93. The van der Waals surface area contributed by atoms with Crippen LogP contribution in [0.1, 0.15) is 54.6 Å². The highest BCUT2D eigenvalue weighted by Crippen LogP contribution is 2.26. The lowest BCUT2D eigenvalue weighted by molar-refractivity contribution is 0.0947. The van der Waals surface area contributed by atoms with Crippen LogP contribution in [0.3, 0.4) is 0 Å². The topological polar surface area (TPSA) is 45.2 Å². The van der Waals surface area contributed by atoms with Crippen molar-refractivity contribution >= 4 is 5.91 Å². The molecule has 4 nitrogen and oxygen atoms in total. The Morgan fingerprint density at radius 3 is 2.68 bits per heavy atom. The normalized spacial score (nSPS) is 16.0. The van der Waals surface area contributed by atoms with Crippen LogP contribution in [0.15, 0.2) is 18.3 Å². The molecule has 1 heterocycles. The Bertz CT molecular complexity index is 450. The molecule has 0 radical (unpaired) electrons. The van der Waals surface area contributed by atoms with Gasteiger partial charge in [0.05, 0.1) is 0 Å². The highest BCUT2D eigenvalue weighted by atomic mass is 16.1. The van der Waals surface area contributed by atoms with Gasteiger partial charge >= 0.3 is 0 Å². The van der Waals surface area contributed by atoms with Gasteiger partial charge in [0.15, 0.2) is 0 Å². The van der Waals surface area contributed by atoms with Gasteiger partial charge < -0.3 is 10.2 Å². The largest absolute Gasteiger partial charge is 0.351 e. The van der Waals surface area contributed by atoms with E-state index in [0.717, 1.165) is 25.3 Å². The molecule has 1 aromatic heterocycles. The van der Waals surface area contributed by atoms with Crippen LogP contribution in [0.2, 0.25) is 0 Å². The van der Waals surface area contributed by atoms with Gasteiger partial charge in [-0.25, -0.2) is 0 Å². The minimum absolute atomic E-state index is 0.0667. The third-order valence-corrected chi connectivity index (χ3v) is 4.37. The van der Waals surface area contributed by atoms with Crippen molar-refractivity contribution in [3.63, 3.8) is 0 Å². The lowest BCUT2D eigenvalue weighted by Gasteiger charge is -2.21. The molecular weight excluding hydrogens is 274 g/mol. The van der Waals surface area contributed by atoms with Gasteiger partial charge in [-0.15, -0.1) is 0 Å².